The van der Waals surface area contributed by atoms with Crippen molar-refractivity contribution >= 4 is 29.1 Å². The van der Waals surface area contributed by atoms with E-state index in [-0.39, 0.29) is 23.0 Å². The molecule has 1 aliphatic heterocycles. The van der Waals surface area contributed by atoms with Gasteiger partial charge in [0.05, 0.1) is 5.92 Å². The van der Waals surface area contributed by atoms with E-state index in [9.17, 15) is 9.59 Å². The number of ketones is 1. The molecule has 1 fully saturated rings. The van der Waals surface area contributed by atoms with Crippen molar-refractivity contribution in [3.63, 3.8) is 0 Å². The Balaban J connectivity index is 1.97. The van der Waals surface area contributed by atoms with Gasteiger partial charge >= 0.3 is 0 Å². The number of thioether (sulfide) groups is 1. The van der Waals surface area contributed by atoms with E-state index in [0.29, 0.717) is 12.2 Å². The zero-order valence-corrected chi connectivity index (χ0v) is 13.8. The molecule has 0 radical (unpaired) electrons. The molecular weight excluding hydrogens is 306 g/mol. The maximum atomic E-state index is 13.0. The average Bonchev–Trinajstić information content (AvgIpc) is 2.58. The van der Waals surface area contributed by atoms with Crippen LogP contribution < -0.4 is 4.90 Å². The monoisotopic (exact) mass is 325 g/mol. The first-order valence-electron chi connectivity index (χ1n) is 7.71. The maximum Gasteiger partial charge on any atom is 0.232 e. The molecule has 23 heavy (non-hydrogen) atoms. The molecular formula is C19H19NO2S. The van der Waals surface area contributed by atoms with Crippen molar-refractivity contribution in [2.24, 2.45) is 5.92 Å². The van der Waals surface area contributed by atoms with Crippen molar-refractivity contribution in [1.82, 2.24) is 0 Å². The molecule has 0 unspecified atom stereocenters. The standard InChI is InChI=1S/C19H19NO2S/c1-14(21)12-16-13-23-19(15-8-4-2-5-9-15)20(18(16)22)17-10-6-3-7-11-17/h2-11,16,19H,12-13H2,1H3/t16-,19-/m0/s1. The summed E-state index contributed by atoms with van der Waals surface area (Å²) in [5.41, 5.74) is 1.99. The summed E-state index contributed by atoms with van der Waals surface area (Å²) >= 11 is 1.73. The molecule has 118 valence electrons. The van der Waals surface area contributed by atoms with Crippen molar-refractivity contribution < 1.29 is 9.59 Å². The summed E-state index contributed by atoms with van der Waals surface area (Å²) in [5.74, 6) is 0.549. The van der Waals surface area contributed by atoms with E-state index in [4.69, 9.17) is 0 Å². The Labute approximate surface area is 140 Å². The highest BCUT2D eigenvalue weighted by Crippen LogP contribution is 2.42. The van der Waals surface area contributed by atoms with Crippen molar-refractivity contribution in [2.75, 3.05) is 10.7 Å². The molecule has 0 aliphatic carbocycles. The third-order valence-electron chi connectivity index (χ3n) is 3.93. The predicted octanol–water partition coefficient (Wildman–Crippen LogP) is 4.06. The largest absolute Gasteiger partial charge is 0.300 e. The molecule has 0 aromatic heterocycles. The maximum absolute atomic E-state index is 13.0. The third-order valence-corrected chi connectivity index (χ3v) is 5.32. The second kappa shape index (κ2) is 7.01. The van der Waals surface area contributed by atoms with Crippen molar-refractivity contribution in [3.8, 4) is 0 Å². The molecule has 2 aromatic rings. The normalized spacial score (nSPS) is 21.3. The van der Waals surface area contributed by atoms with Gasteiger partial charge in [0.1, 0.15) is 11.2 Å². The van der Waals surface area contributed by atoms with Gasteiger partial charge in [-0.15, -0.1) is 11.8 Å². The molecule has 0 N–H and O–H groups in total. The van der Waals surface area contributed by atoms with Crippen molar-refractivity contribution in [3.05, 3.63) is 66.2 Å². The van der Waals surface area contributed by atoms with E-state index < -0.39 is 0 Å². The number of amides is 1. The molecule has 2 atom stereocenters. The van der Waals surface area contributed by atoms with Crippen LogP contribution in [0.5, 0.6) is 0 Å². The smallest absolute Gasteiger partial charge is 0.232 e. The van der Waals surface area contributed by atoms with Crippen LogP contribution in [-0.2, 0) is 9.59 Å². The number of rotatable bonds is 4. The van der Waals surface area contributed by atoms with Gasteiger partial charge in [-0.1, -0.05) is 48.5 Å². The van der Waals surface area contributed by atoms with Crippen molar-refractivity contribution in [1.29, 1.82) is 0 Å². The summed E-state index contributed by atoms with van der Waals surface area (Å²) in [5, 5.41) is -0.0469. The summed E-state index contributed by atoms with van der Waals surface area (Å²) in [6.45, 7) is 1.55. The number of carbonyl (C=O) groups excluding carboxylic acids is 2. The van der Waals surface area contributed by atoms with Gasteiger partial charge in [0, 0.05) is 17.9 Å². The van der Waals surface area contributed by atoms with Crippen LogP contribution in [0.1, 0.15) is 24.3 Å². The lowest BCUT2D eigenvalue weighted by Crippen LogP contribution is -2.43. The summed E-state index contributed by atoms with van der Waals surface area (Å²) < 4.78 is 0. The summed E-state index contributed by atoms with van der Waals surface area (Å²) in [4.78, 5) is 26.3. The molecule has 1 aliphatic rings. The second-order valence-electron chi connectivity index (χ2n) is 5.74. The fourth-order valence-electron chi connectivity index (χ4n) is 2.87. The van der Waals surface area contributed by atoms with Crippen LogP contribution in [0.3, 0.4) is 0 Å². The number of Topliss-reactive ketones (excluding diaryl/α,β-unsaturated/α-hetero) is 1. The van der Waals surface area contributed by atoms with E-state index in [0.717, 1.165) is 11.3 Å². The Hall–Kier alpha value is -2.07. The lowest BCUT2D eigenvalue weighted by Gasteiger charge is -2.39. The zero-order chi connectivity index (χ0) is 16.2. The number of nitrogens with zero attached hydrogens (tertiary/aromatic N) is 1. The van der Waals surface area contributed by atoms with E-state index in [2.05, 4.69) is 0 Å². The Bertz CT molecular complexity index is 687. The number of carbonyl (C=O) groups is 2. The van der Waals surface area contributed by atoms with E-state index >= 15 is 0 Å². The SMILES string of the molecule is CC(=O)C[C@H]1CS[C@@H](c2ccccc2)N(c2ccccc2)C1=O. The van der Waals surface area contributed by atoms with Gasteiger partial charge in [0.2, 0.25) is 5.91 Å². The number of anilines is 1. The number of para-hydroxylation sites is 1. The Morgan fingerprint density at radius 2 is 1.70 bits per heavy atom. The van der Waals surface area contributed by atoms with Crippen LogP contribution in [0.15, 0.2) is 60.7 Å². The van der Waals surface area contributed by atoms with Gasteiger partial charge in [-0.3, -0.25) is 9.69 Å². The molecule has 1 heterocycles. The molecule has 3 rings (SSSR count). The third kappa shape index (κ3) is 3.48. The van der Waals surface area contributed by atoms with Gasteiger partial charge in [-0.25, -0.2) is 0 Å². The van der Waals surface area contributed by atoms with Gasteiger partial charge < -0.3 is 4.79 Å². The molecule has 1 amide bonds. The number of benzene rings is 2. The number of hydrogen-bond acceptors (Lipinski definition) is 3. The van der Waals surface area contributed by atoms with E-state index in [1.165, 1.54) is 0 Å². The molecule has 0 spiro atoms. The lowest BCUT2D eigenvalue weighted by atomic mass is 10.0. The highest BCUT2D eigenvalue weighted by Gasteiger charge is 2.37. The Morgan fingerprint density at radius 1 is 1.09 bits per heavy atom. The molecule has 4 heteroatoms. The van der Waals surface area contributed by atoms with Crippen LogP contribution in [0.25, 0.3) is 0 Å². The molecule has 2 aromatic carbocycles. The molecule has 0 saturated carbocycles. The Kier molecular flexibility index (Phi) is 4.82. The van der Waals surface area contributed by atoms with E-state index in [1.54, 1.807) is 18.7 Å². The zero-order valence-electron chi connectivity index (χ0n) is 13.0. The van der Waals surface area contributed by atoms with E-state index in [1.807, 2.05) is 65.6 Å². The lowest BCUT2D eigenvalue weighted by molar-refractivity contribution is -0.126. The van der Waals surface area contributed by atoms with Crippen LogP contribution in [-0.4, -0.2) is 17.4 Å². The summed E-state index contributed by atoms with van der Waals surface area (Å²) in [7, 11) is 0. The molecule has 3 nitrogen and oxygen atoms in total. The molecule has 1 saturated heterocycles. The summed E-state index contributed by atoms with van der Waals surface area (Å²) in [6.07, 6.45) is 0.316. The van der Waals surface area contributed by atoms with Crippen LogP contribution in [0, 0.1) is 5.92 Å². The first-order valence-corrected chi connectivity index (χ1v) is 8.76. The van der Waals surface area contributed by atoms with Gasteiger partial charge in [-0.05, 0) is 24.6 Å². The summed E-state index contributed by atoms with van der Waals surface area (Å²) in [6, 6.07) is 19.8. The number of hydrogen-bond donors (Lipinski definition) is 0. The van der Waals surface area contributed by atoms with Gasteiger partial charge in [0.15, 0.2) is 0 Å². The molecule has 0 bridgehead atoms. The minimum Gasteiger partial charge on any atom is -0.300 e. The van der Waals surface area contributed by atoms with Crippen LogP contribution >= 0.6 is 11.8 Å². The van der Waals surface area contributed by atoms with Gasteiger partial charge in [0.25, 0.3) is 0 Å². The van der Waals surface area contributed by atoms with Crippen LogP contribution in [0.2, 0.25) is 0 Å². The first-order chi connectivity index (χ1) is 11.2. The topological polar surface area (TPSA) is 37.4 Å². The van der Waals surface area contributed by atoms with Crippen LogP contribution in [0.4, 0.5) is 5.69 Å². The minimum absolute atomic E-state index is 0.0407. The fraction of sp³-hybridized carbons (Fsp3) is 0.263. The average molecular weight is 325 g/mol. The van der Waals surface area contributed by atoms with Gasteiger partial charge in [-0.2, -0.15) is 0 Å². The highest BCUT2D eigenvalue weighted by molar-refractivity contribution is 7.99. The minimum atomic E-state index is -0.238. The second-order valence-corrected chi connectivity index (χ2v) is 6.86. The first kappa shape index (κ1) is 15.8. The Morgan fingerprint density at radius 3 is 2.30 bits per heavy atom. The quantitative estimate of drug-likeness (QED) is 0.850. The highest BCUT2D eigenvalue weighted by atomic mass is 32.2. The van der Waals surface area contributed by atoms with Crippen molar-refractivity contribution in [2.45, 2.75) is 18.7 Å². The fourth-order valence-corrected chi connectivity index (χ4v) is 4.27. The predicted molar refractivity (Wildman–Crippen MR) is 94.4 cm³/mol.